The second-order valence-electron chi connectivity index (χ2n) is 6.23. The Balaban J connectivity index is 1.72. The Morgan fingerprint density at radius 3 is 2.80 bits per heavy atom. The molecule has 1 aromatic heterocycles. The van der Waals surface area contributed by atoms with Gasteiger partial charge in [0.2, 0.25) is 10.0 Å². The monoisotopic (exact) mass is 367 g/mol. The van der Waals surface area contributed by atoms with Crippen LogP contribution in [0.1, 0.15) is 36.3 Å². The van der Waals surface area contributed by atoms with Crippen LogP contribution in [0.25, 0.3) is 0 Å². The average molecular weight is 367 g/mol. The van der Waals surface area contributed by atoms with E-state index < -0.39 is 16.1 Å². The second-order valence-corrected chi connectivity index (χ2v) is 8.24. The number of nitrogens with zero attached hydrogens (tertiary/aromatic N) is 2. The van der Waals surface area contributed by atoms with E-state index in [2.05, 4.69) is 9.97 Å². The number of sulfonamides is 1. The molecule has 1 N–H and O–H groups in total. The number of halogens is 1. The number of H-pyrrole nitrogens is 1. The molecule has 2 atom stereocenters. The number of rotatable bonds is 6. The smallest absolute Gasteiger partial charge is 0.217 e. The van der Waals surface area contributed by atoms with Gasteiger partial charge in [0.1, 0.15) is 11.6 Å². The molecule has 0 amide bonds. The number of aromatic amines is 1. The summed E-state index contributed by atoms with van der Waals surface area (Å²) in [4.78, 5) is 7.32. The third-order valence-electron chi connectivity index (χ3n) is 4.57. The Labute approximate surface area is 147 Å². The van der Waals surface area contributed by atoms with Crippen molar-refractivity contribution in [1.82, 2.24) is 14.3 Å². The van der Waals surface area contributed by atoms with Gasteiger partial charge >= 0.3 is 0 Å². The van der Waals surface area contributed by atoms with Crippen LogP contribution in [-0.4, -0.2) is 48.6 Å². The Hall–Kier alpha value is -1.77. The van der Waals surface area contributed by atoms with Crippen molar-refractivity contribution in [2.45, 2.75) is 24.9 Å². The minimum Gasteiger partial charge on any atom is -0.376 e. The lowest BCUT2D eigenvalue weighted by Gasteiger charge is -2.32. The van der Waals surface area contributed by atoms with Crippen LogP contribution in [0.15, 0.2) is 36.7 Å². The molecule has 0 bridgehead atoms. The van der Waals surface area contributed by atoms with Crippen LogP contribution in [0.5, 0.6) is 0 Å². The van der Waals surface area contributed by atoms with Crippen LogP contribution in [0.3, 0.4) is 0 Å². The molecule has 2 heterocycles. The van der Waals surface area contributed by atoms with E-state index in [1.807, 2.05) is 0 Å². The van der Waals surface area contributed by atoms with E-state index in [-0.39, 0.29) is 17.5 Å². The Bertz CT molecular complexity index is 778. The molecular formula is C17H22FN3O3S. The molecule has 3 rings (SSSR count). The van der Waals surface area contributed by atoms with Crippen molar-refractivity contribution >= 4 is 10.0 Å². The lowest BCUT2D eigenvalue weighted by molar-refractivity contribution is 0.120. The molecule has 0 radical (unpaired) electrons. The zero-order valence-electron chi connectivity index (χ0n) is 14.1. The van der Waals surface area contributed by atoms with E-state index in [9.17, 15) is 12.8 Å². The van der Waals surface area contributed by atoms with Gasteiger partial charge in [-0.3, -0.25) is 0 Å². The number of hydrogen-bond acceptors (Lipinski definition) is 4. The largest absolute Gasteiger partial charge is 0.376 e. The zero-order valence-corrected chi connectivity index (χ0v) is 14.9. The summed E-state index contributed by atoms with van der Waals surface area (Å²) in [5.41, 5.74) is 0.645. The van der Waals surface area contributed by atoms with Crippen LogP contribution in [0.2, 0.25) is 0 Å². The summed E-state index contributed by atoms with van der Waals surface area (Å²) >= 11 is 0. The van der Waals surface area contributed by atoms with Gasteiger partial charge in [0.15, 0.2) is 0 Å². The normalized spacial score (nSPS) is 20.5. The molecule has 0 saturated carbocycles. The molecule has 6 nitrogen and oxygen atoms in total. The van der Waals surface area contributed by atoms with Crippen molar-refractivity contribution in [2.75, 3.05) is 26.0 Å². The number of aromatic nitrogens is 2. The maximum atomic E-state index is 13.1. The zero-order chi connectivity index (χ0) is 17.9. The van der Waals surface area contributed by atoms with Crippen LogP contribution in [0.4, 0.5) is 4.39 Å². The lowest BCUT2D eigenvalue weighted by atomic mass is 9.99. The highest BCUT2D eigenvalue weighted by molar-refractivity contribution is 7.89. The summed E-state index contributed by atoms with van der Waals surface area (Å²) in [6.07, 6.45) is 4.50. The van der Waals surface area contributed by atoms with Crippen molar-refractivity contribution in [3.8, 4) is 0 Å². The van der Waals surface area contributed by atoms with Crippen molar-refractivity contribution < 1.29 is 17.5 Å². The van der Waals surface area contributed by atoms with Crippen molar-refractivity contribution in [2.24, 2.45) is 0 Å². The first-order valence-corrected chi connectivity index (χ1v) is 9.86. The van der Waals surface area contributed by atoms with Gasteiger partial charge in [-0.2, -0.15) is 0 Å². The molecule has 1 fully saturated rings. The molecule has 2 unspecified atom stereocenters. The fraction of sp³-hybridized carbons (Fsp3) is 0.471. The van der Waals surface area contributed by atoms with E-state index in [1.165, 1.54) is 23.5 Å². The van der Waals surface area contributed by atoms with Gasteiger partial charge < -0.3 is 9.72 Å². The van der Waals surface area contributed by atoms with Crippen molar-refractivity contribution in [3.63, 3.8) is 0 Å². The molecule has 8 heteroatoms. The predicted molar refractivity (Wildman–Crippen MR) is 92.1 cm³/mol. The summed E-state index contributed by atoms with van der Waals surface area (Å²) in [7, 11) is -2.04. The number of piperidine rings is 1. The quantitative estimate of drug-likeness (QED) is 0.851. The fourth-order valence-electron chi connectivity index (χ4n) is 3.19. The topological polar surface area (TPSA) is 75.3 Å². The Morgan fingerprint density at radius 1 is 1.40 bits per heavy atom. The minimum atomic E-state index is -3.50. The molecule has 2 aromatic rings. The summed E-state index contributed by atoms with van der Waals surface area (Å²) in [6.45, 7) is 0.912. The summed E-state index contributed by atoms with van der Waals surface area (Å²) < 4.78 is 45.7. The van der Waals surface area contributed by atoms with Gasteiger partial charge in [-0.15, -0.1) is 0 Å². The first kappa shape index (κ1) is 18.0. The van der Waals surface area contributed by atoms with Gasteiger partial charge in [-0.05, 0) is 30.5 Å². The highest BCUT2D eigenvalue weighted by Crippen LogP contribution is 2.28. The van der Waals surface area contributed by atoms with Crippen LogP contribution >= 0.6 is 0 Å². The molecule has 1 saturated heterocycles. The molecule has 25 heavy (non-hydrogen) atoms. The fourth-order valence-corrected chi connectivity index (χ4v) is 4.93. The van der Waals surface area contributed by atoms with E-state index >= 15 is 0 Å². The van der Waals surface area contributed by atoms with Gasteiger partial charge in [0, 0.05) is 38.5 Å². The highest BCUT2D eigenvalue weighted by atomic mass is 32.2. The van der Waals surface area contributed by atoms with Gasteiger partial charge in [0.05, 0.1) is 11.9 Å². The lowest BCUT2D eigenvalue weighted by Crippen LogP contribution is -2.41. The second kappa shape index (κ2) is 7.63. The summed E-state index contributed by atoms with van der Waals surface area (Å²) in [5.74, 6) is 0.367. The van der Waals surface area contributed by atoms with Gasteiger partial charge in [-0.1, -0.05) is 12.1 Å². The van der Waals surface area contributed by atoms with Crippen LogP contribution in [0, 0.1) is 5.82 Å². The maximum Gasteiger partial charge on any atom is 0.217 e. The minimum absolute atomic E-state index is 0.0744. The number of hydrogen-bond donors (Lipinski definition) is 1. The standard InChI is InChI=1S/C17H22FN3O3S/c1-24-16(13-4-6-15(18)7-5-13)12-25(22,23)21-10-2-3-14(11-21)17-19-8-9-20-17/h4-9,14,16H,2-3,10-12H2,1H3,(H,19,20). The first-order chi connectivity index (χ1) is 12.0. The van der Waals surface area contributed by atoms with E-state index in [1.54, 1.807) is 24.5 Å². The average Bonchev–Trinajstić information content (AvgIpc) is 3.15. The van der Waals surface area contributed by atoms with Crippen LogP contribution < -0.4 is 0 Å². The maximum absolute atomic E-state index is 13.1. The highest BCUT2D eigenvalue weighted by Gasteiger charge is 2.32. The molecule has 1 aliphatic heterocycles. The SMILES string of the molecule is COC(CS(=O)(=O)N1CCCC(c2ncc[nH]2)C1)c1ccc(F)cc1. The van der Waals surface area contributed by atoms with Gasteiger partial charge in [0.25, 0.3) is 0 Å². The molecule has 1 aromatic carbocycles. The van der Waals surface area contributed by atoms with Crippen LogP contribution in [-0.2, 0) is 14.8 Å². The van der Waals surface area contributed by atoms with Crippen molar-refractivity contribution in [1.29, 1.82) is 0 Å². The van der Waals surface area contributed by atoms with Crippen molar-refractivity contribution in [3.05, 3.63) is 53.9 Å². The Kier molecular flexibility index (Phi) is 5.51. The molecular weight excluding hydrogens is 345 g/mol. The summed E-state index contributed by atoms with van der Waals surface area (Å²) in [6, 6.07) is 5.73. The third-order valence-corrected chi connectivity index (χ3v) is 6.41. The van der Waals surface area contributed by atoms with E-state index in [0.29, 0.717) is 18.7 Å². The number of methoxy groups -OCH3 is 1. The van der Waals surface area contributed by atoms with E-state index in [0.717, 1.165) is 18.7 Å². The third kappa shape index (κ3) is 4.26. The summed E-state index contributed by atoms with van der Waals surface area (Å²) in [5, 5.41) is 0. The number of imidazole rings is 1. The number of nitrogens with one attached hydrogen (secondary N) is 1. The molecule has 136 valence electrons. The molecule has 0 aliphatic carbocycles. The number of ether oxygens (including phenoxy) is 1. The predicted octanol–water partition coefficient (Wildman–Crippen LogP) is 2.45. The first-order valence-electron chi connectivity index (χ1n) is 8.25. The van der Waals surface area contributed by atoms with E-state index in [4.69, 9.17) is 4.74 Å². The Morgan fingerprint density at radius 2 is 2.16 bits per heavy atom. The molecule has 1 aliphatic rings. The number of benzene rings is 1. The van der Waals surface area contributed by atoms with Gasteiger partial charge in [-0.25, -0.2) is 22.1 Å². The molecule has 0 spiro atoms.